The SMILES string of the molecule is CC(C)(C)c1ccnc(-c2ccc3oc4cccc(-c5ccccc5F)c4c3c2)c1. The maximum Gasteiger partial charge on any atom is 0.136 e. The molecule has 0 bridgehead atoms. The van der Waals surface area contributed by atoms with Crippen LogP contribution in [0.1, 0.15) is 26.3 Å². The van der Waals surface area contributed by atoms with Crippen LogP contribution < -0.4 is 0 Å². The topological polar surface area (TPSA) is 26.0 Å². The van der Waals surface area contributed by atoms with Crippen molar-refractivity contribution in [1.82, 2.24) is 4.98 Å². The minimum atomic E-state index is -0.241. The van der Waals surface area contributed by atoms with E-state index in [1.807, 2.05) is 42.6 Å². The number of halogens is 1. The molecule has 30 heavy (non-hydrogen) atoms. The van der Waals surface area contributed by atoms with Crippen molar-refractivity contribution in [3.8, 4) is 22.4 Å². The molecule has 0 saturated heterocycles. The highest BCUT2D eigenvalue weighted by atomic mass is 19.1. The zero-order valence-corrected chi connectivity index (χ0v) is 17.2. The van der Waals surface area contributed by atoms with Crippen molar-refractivity contribution in [1.29, 1.82) is 0 Å². The van der Waals surface area contributed by atoms with Gasteiger partial charge in [-0.1, -0.05) is 51.1 Å². The van der Waals surface area contributed by atoms with Gasteiger partial charge < -0.3 is 4.42 Å². The number of nitrogens with zero attached hydrogens (tertiary/aromatic N) is 1. The van der Waals surface area contributed by atoms with E-state index in [0.29, 0.717) is 5.56 Å². The largest absolute Gasteiger partial charge is 0.456 e. The third-order valence-electron chi connectivity index (χ3n) is 5.58. The molecule has 0 unspecified atom stereocenters. The molecule has 0 fully saturated rings. The number of pyridine rings is 1. The quantitative estimate of drug-likeness (QED) is 0.305. The van der Waals surface area contributed by atoms with Crippen LogP contribution in [-0.2, 0) is 5.41 Å². The van der Waals surface area contributed by atoms with Crippen LogP contribution in [0.3, 0.4) is 0 Å². The van der Waals surface area contributed by atoms with E-state index < -0.39 is 0 Å². The van der Waals surface area contributed by atoms with Gasteiger partial charge in [0.25, 0.3) is 0 Å². The van der Waals surface area contributed by atoms with E-state index in [-0.39, 0.29) is 11.2 Å². The summed E-state index contributed by atoms with van der Waals surface area (Å²) in [5.41, 5.74) is 6.14. The molecule has 0 aliphatic carbocycles. The third kappa shape index (κ3) is 3.07. The zero-order valence-electron chi connectivity index (χ0n) is 17.2. The third-order valence-corrected chi connectivity index (χ3v) is 5.58. The van der Waals surface area contributed by atoms with Crippen LogP contribution in [0.15, 0.2) is 83.4 Å². The van der Waals surface area contributed by atoms with Crippen molar-refractivity contribution >= 4 is 21.9 Å². The highest BCUT2D eigenvalue weighted by Gasteiger charge is 2.17. The molecule has 3 aromatic carbocycles. The predicted octanol–water partition coefficient (Wildman–Crippen LogP) is 7.75. The maximum absolute atomic E-state index is 14.6. The minimum Gasteiger partial charge on any atom is -0.456 e. The van der Waals surface area contributed by atoms with Crippen molar-refractivity contribution in [3.63, 3.8) is 0 Å². The first-order valence-corrected chi connectivity index (χ1v) is 10.1. The van der Waals surface area contributed by atoms with Gasteiger partial charge in [-0.05, 0) is 59.0 Å². The second kappa shape index (κ2) is 6.81. The highest BCUT2D eigenvalue weighted by Crippen LogP contribution is 2.39. The summed E-state index contributed by atoms with van der Waals surface area (Å²) in [5, 5.41) is 1.88. The van der Waals surface area contributed by atoms with Crippen molar-refractivity contribution in [2.24, 2.45) is 0 Å². The summed E-state index contributed by atoms with van der Waals surface area (Å²) < 4.78 is 20.6. The van der Waals surface area contributed by atoms with Gasteiger partial charge in [0.2, 0.25) is 0 Å². The van der Waals surface area contributed by atoms with Gasteiger partial charge in [-0.3, -0.25) is 4.98 Å². The fourth-order valence-electron chi connectivity index (χ4n) is 3.95. The van der Waals surface area contributed by atoms with Gasteiger partial charge >= 0.3 is 0 Å². The Labute approximate surface area is 175 Å². The van der Waals surface area contributed by atoms with Crippen LogP contribution >= 0.6 is 0 Å². The summed E-state index contributed by atoms with van der Waals surface area (Å²) >= 11 is 0. The molecule has 0 atom stereocenters. The van der Waals surface area contributed by atoms with Gasteiger partial charge in [0.05, 0.1) is 5.69 Å². The molecule has 0 spiro atoms. The fraction of sp³-hybridized carbons (Fsp3) is 0.148. The first-order chi connectivity index (χ1) is 14.4. The summed E-state index contributed by atoms with van der Waals surface area (Å²) in [4.78, 5) is 4.60. The smallest absolute Gasteiger partial charge is 0.136 e. The van der Waals surface area contributed by atoms with Crippen LogP contribution in [0, 0.1) is 5.82 Å². The maximum atomic E-state index is 14.6. The Morgan fingerprint density at radius 3 is 2.40 bits per heavy atom. The number of hydrogen-bond donors (Lipinski definition) is 0. The number of fused-ring (bicyclic) bond motifs is 3. The summed E-state index contributed by atoms with van der Waals surface area (Å²) in [7, 11) is 0. The summed E-state index contributed by atoms with van der Waals surface area (Å²) in [6, 6.07) is 22.9. The van der Waals surface area contributed by atoms with Crippen LogP contribution in [0.2, 0.25) is 0 Å². The van der Waals surface area contributed by atoms with Gasteiger partial charge in [0.15, 0.2) is 0 Å². The van der Waals surface area contributed by atoms with E-state index in [0.717, 1.165) is 38.8 Å². The van der Waals surface area contributed by atoms with E-state index in [1.165, 1.54) is 11.6 Å². The van der Waals surface area contributed by atoms with E-state index in [2.05, 4.69) is 44.0 Å². The number of benzene rings is 3. The molecule has 5 rings (SSSR count). The molecule has 0 N–H and O–H groups in total. The number of furan rings is 1. The van der Waals surface area contributed by atoms with Crippen LogP contribution in [0.25, 0.3) is 44.3 Å². The lowest BCUT2D eigenvalue weighted by Gasteiger charge is -2.19. The molecule has 5 aromatic rings. The summed E-state index contributed by atoms with van der Waals surface area (Å²) in [6.45, 7) is 6.58. The average Bonchev–Trinajstić information content (AvgIpc) is 3.12. The predicted molar refractivity (Wildman–Crippen MR) is 121 cm³/mol. The van der Waals surface area contributed by atoms with E-state index in [9.17, 15) is 4.39 Å². The monoisotopic (exact) mass is 395 g/mol. The first kappa shape index (κ1) is 18.6. The van der Waals surface area contributed by atoms with Gasteiger partial charge in [0.1, 0.15) is 17.0 Å². The van der Waals surface area contributed by atoms with Crippen molar-refractivity contribution in [2.45, 2.75) is 26.2 Å². The molecule has 0 aliphatic rings. The lowest BCUT2D eigenvalue weighted by atomic mass is 9.87. The standard InChI is InChI=1S/C27H22FNO/c1-27(2,3)18-13-14-29-23(16-18)17-11-12-24-21(15-17)26-20(8-6-10-25(26)30-24)19-7-4-5-9-22(19)28/h4-16H,1-3H3. The summed E-state index contributed by atoms with van der Waals surface area (Å²) in [6.07, 6.45) is 1.86. The number of hydrogen-bond acceptors (Lipinski definition) is 2. The molecule has 0 saturated carbocycles. The highest BCUT2D eigenvalue weighted by molar-refractivity contribution is 6.13. The minimum absolute atomic E-state index is 0.0438. The first-order valence-electron chi connectivity index (χ1n) is 10.1. The normalized spacial score (nSPS) is 12.0. The molecule has 0 aliphatic heterocycles. The van der Waals surface area contributed by atoms with Gasteiger partial charge in [-0.25, -0.2) is 4.39 Å². The van der Waals surface area contributed by atoms with Crippen LogP contribution in [-0.4, -0.2) is 4.98 Å². The Kier molecular flexibility index (Phi) is 4.21. The Bertz CT molecular complexity index is 1390. The van der Waals surface area contributed by atoms with Crippen molar-refractivity contribution in [3.05, 3.63) is 90.4 Å². The second-order valence-corrected chi connectivity index (χ2v) is 8.65. The molecular formula is C27H22FNO. The van der Waals surface area contributed by atoms with Gasteiger partial charge in [0, 0.05) is 28.1 Å². The van der Waals surface area contributed by atoms with Crippen molar-refractivity contribution < 1.29 is 8.81 Å². The average molecular weight is 395 g/mol. The molecule has 0 amide bonds. The van der Waals surface area contributed by atoms with E-state index in [1.54, 1.807) is 12.1 Å². The van der Waals surface area contributed by atoms with Crippen molar-refractivity contribution in [2.75, 3.05) is 0 Å². The zero-order chi connectivity index (χ0) is 20.9. The molecule has 2 nitrogen and oxygen atoms in total. The van der Waals surface area contributed by atoms with Crippen LogP contribution in [0.4, 0.5) is 4.39 Å². The number of rotatable bonds is 2. The Hall–Kier alpha value is -3.46. The van der Waals surface area contributed by atoms with E-state index in [4.69, 9.17) is 4.42 Å². The van der Waals surface area contributed by atoms with Gasteiger partial charge in [-0.2, -0.15) is 0 Å². The molecule has 2 heterocycles. The van der Waals surface area contributed by atoms with E-state index >= 15 is 0 Å². The molecule has 3 heteroatoms. The van der Waals surface area contributed by atoms with Gasteiger partial charge in [-0.15, -0.1) is 0 Å². The summed E-state index contributed by atoms with van der Waals surface area (Å²) in [5.74, 6) is -0.241. The Morgan fingerprint density at radius 1 is 0.800 bits per heavy atom. The molecule has 148 valence electrons. The molecule has 2 aromatic heterocycles. The Balaban J connectivity index is 1.76. The lowest BCUT2D eigenvalue weighted by molar-refractivity contribution is 0.589. The fourth-order valence-corrected chi connectivity index (χ4v) is 3.95. The molecular weight excluding hydrogens is 373 g/mol. The van der Waals surface area contributed by atoms with Crippen LogP contribution in [0.5, 0.6) is 0 Å². The Morgan fingerprint density at radius 2 is 1.60 bits per heavy atom. The number of aromatic nitrogens is 1. The second-order valence-electron chi connectivity index (χ2n) is 8.65. The lowest BCUT2D eigenvalue weighted by Crippen LogP contribution is -2.11. The molecule has 0 radical (unpaired) electrons.